The van der Waals surface area contributed by atoms with Crippen LogP contribution in [0, 0.1) is 0 Å². The molecule has 5 nitrogen and oxygen atoms in total. The van der Waals surface area contributed by atoms with E-state index in [9.17, 15) is 4.79 Å². The van der Waals surface area contributed by atoms with Gasteiger partial charge in [-0.25, -0.2) is 9.80 Å². The number of anilines is 1. The fourth-order valence-corrected chi connectivity index (χ4v) is 2.15. The number of nitrogens with one attached hydrogen (secondary N) is 1. The maximum Gasteiger partial charge on any atom is 0.421 e. The second-order valence-corrected chi connectivity index (χ2v) is 4.72. The third kappa shape index (κ3) is 4.01. The Labute approximate surface area is 118 Å². The van der Waals surface area contributed by atoms with Gasteiger partial charge >= 0.3 is 6.09 Å². The van der Waals surface area contributed by atoms with Gasteiger partial charge in [0.05, 0.1) is 6.61 Å². The highest BCUT2D eigenvalue weighted by molar-refractivity contribution is 6.30. The molecule has 0 unspecified atom stereocenters. The first-order valence-electron chi connectivity index (χ1n) is 6.38. The van der Waals surface area contributed by atoms with Crippen LogP contribution in [0.25, 0.3) is 0 Å². The summed E-state index contributed by atoms with van der Waals surface area (Å²) < 4.78 is 4.85. The number of hydrazine groups is 1. The van der Waals surface area contributed by atoms with Crippen LogP contribution >= 0.6 is 11.6 Å². The van der Waals surface area contributed by atoms with Crippen LogP contribution < -0.4 is 10.3 Å². The number of nitrogens with zero attached hydrogens (tertiary/aromatic N) is 2. The van der Waals surface area contributed by atoms with Crippen molar-refractivity contribution in [2.24, 2.45) is 0 Å². The maximum atomic E-state index is 11.3. The molecule has 0 saturated carbocycles. The number of halogens is 1. The number of rotatable bonds is 3. The molecule has 6 heteroatoms. The summed E-state index contributed by atoms with van der Waals surface area (Å²) in [6.45, 7) is 5.42. The van der Waals surface area contributed by atoms with Gasteiger partial charge in [-0.15, -0.1) is 0 Å². The molecule has 1 aliphatic heterocycles. The summed E-state index contributed by atoms with van der Waals surface area (Å²) in [5.41, 5.74) is 3.88. The van der Waals surface area contributed by atoms with E-state index < -0.39 is 0 Å². The molecule has 0 aliphatic carbocycles. The van der Waals surface area contributed by atoms with Crippen LogP contribution in [0.4, 0.5) is 10.5 Å². The minimum absolute atomic E-state index is 0.385. The van der Waals surface area contributed by atoms with Crippen molar-refractivity contribution in [3.8, 4) is 0 Å². The smallest absolute Gasteiger partial charge is 0.421 e. The van der Waals surface area contributed by atoms with Gasteiger partial charge in [-0.1, -0.05) is 11.6 Å². The van der Waals surface area contributed by atoms with E-state index in [4.69, 9.17) is 16.3 Å². The van der Waals surface area contributed by atoms with Gasteiger partial charge in [-0.3, -0.25) is 5.43 Å². The molecule has 1 saturated heterocycles. The van der Waals surface area contributed by atoms with Crippen molar-refractivity contribution in [2.45, 2.75) is 6.92 Å². The van der Waals surface area contributed by atoms with Crippen molar-refractivity contribution in [1.29, 1.82) is 0 Å². The molecule has 1 N–H and O–H groups in total. The quantitative estimate of drug-likeness (QED) is 0.923. The lowest BCUT2D eigenvalue weighted by Crippen LogP contribution is -2.53. The first kappa shape index (κ1) is 14.0. The van der Waals surface area contributed by atoms with Gasteiger partial charge in [0.1, 0.15) is 0 Å². The van der Waals surface area contributed by atoms with Crippen LogP contribution in [-0.2, 0) is 4.74 Å². The largest absolute Gasteiger partial charge is 0.449 e. The summed E-state index contributed by atoms with van der Waals surface area (Å²) in [6, 6.07) is 7.80. The Morgan fingerprint density at radius 2 is 1.89 bits per heavy atom. The molecule has 1 fully saturated rings. The second-order valence-electron chi connectivity index (χ2n) is 4.28. The molecule has 1 amide bonds. The SMILES string of the molecule is CCOC(=O)NN1CCN(c2ccc(Cl)cc2)CC1. The van der Waals surface area contributed by atoms with E-state index in [0.717, 1.165) is 36.9 Å². The predicted molar refractivity (Wildman–Crippen MR) is 75.4 cm³/mol. The van der Waals surface area contributed by atoms with Crippen molar-refractivity contribution >= 4 is 23.4 Å². The standard InChI is InChI=1S/C13H18ClN3O2/c1-2-19-13(18)15-17-9-7-16(8-10-17)12-5-3-11(14)4-6-12/h3-6H,2,7-10H2,1H3,(H,15,18). The topological polar surface area (TPSA) is 44.8 Å². The number of piperazine rings is 1. The fourth-order valence-electron chi connectivity index (χ4n) is 2.02. The Hall–Kier alpha value is -1.46. The number of amides is 1. The fraction of sp³-hybridized carbons (Fsp3) is 0.462. The highest BCUT2D eigenvalue weighted by Crippen LogP contribution is 2.18. The van der Waals surface area contributed by atoms with Crippen LogP contribution in [0.1, 0.15) is 6.92 Å². The first-order chi connectivity index (χ1) is 9.19. The third-order valence-corrected chi connectivity index (χ3v) is 3.25. The Morgan fingerprint density at radius 3 is 2.47 bits per heavy atom. The van der Waals surface area contributed by atoms with Crippen LogP contribution in [-0.4, -0.2) is 43.9 Å². The van der Waals surface area contributed by atoms with Crippen LogP contribution in [0.2, 0.25) is 5.02 Å². The van der Waals surface area contributed by atoms with Gasteiger partial charge < -0.3 is 9.64 Å². The summed E-state index contributed by atoms with van der Waals surface area (Å²) in [5.74, 6) is 0. The molecule has 1 heterocycles. The summed E-state index contributed by atoms with van der Waals surface area (Å²) in [5, 5.41) is 2.62. The van der Waals surface area contributed by atoms with Gasteiger partial charge in [0.25, 0.3) is 0 Å². The average molecular weight is 284 g/mol. The molecule has 104 valence electrons. The molecule has 19 heavy (non-hydrogen) atoms. The van der Waals surface area contributed by atoms with Gasteiger partial charge in [-0.2, -0.15) is 0 Å². The Bertz CT molecular complexity index is 416. The highest BCUT2D eigenvalue weighted by atomic mass is 35.5. The zero-order valence-corrected chi connectivity index (χ0v) is 11.7. The van der Waals surface area contributed by atoms with Crippen molar-refractivity contribution in [3.05, 3.63) is 29.3 Å². The van der Waals surface area contributed by atoms with Crippen molar-refractivity contribution in [1.82, 2.24) is 10.4 Å². The molecule has 2 rings (SSSR count). The lowest BCUT2D eigenvalue weighted by Gasteiger charge is -2.35. The molecule has 1 aliphatic rings. The molecule has 0 aromatic heterocycles. The zero-order valence-electron chi connectivity index (χ0n) is 10.9. The van der Waals surface area contributed by atoms with E-state index in [-0.39, 0.29) is 6.09 Å². The Balaban J connectivity index is 1.82. The zero-order chi connectivity index (χ0) is 13.7. The molecule has 0 spiro atoms. The maximum absolute atomic E-state index is 11.3. The predicted octanol–water partition coefficient (Wildman–Crippen LogP) is 2.12. The normalized spacial score (nSPS) is 16.2. The summed E-state index contributed by atoms with van der Waals surface area (Å²) >= 11 is 5.87. The minimum atomic E-state index is -0.387. The van der Waals surface area contributed by atoms with Crippen molar-refractivity contribution in [2.75, 3.05) is 37.7 Å². The number of ether oxygens (including phenoxy) is 1. The lowest BCUT2D eigenvalue weighted by molar-refractivity contribution is 0.106. The minimum Gasteiger partial charge on any atom is -0.449 e. The van der Waals surface area contributed by atoms with Crippen LogP contribution in [0.15, 0.2) is 24.3 Å². The van der Waals surface area contributed by atoms with Crippen molar-refractivity contribution in [3.63, 3.8) is 0 Å². The van der Waals surface area contributed by atoms with Crippen molar-refractivity contribution < 1.29 is 9.53 Å². The van der Waals surface area contributed by atoms with Gasteiger partial charge in [0.15, 0.2) is 0 Å². The molecule has 1 aromatic carbocycles. The summed E-state index contributed by atoms with van der Waals surface area (Å²) in [4.78, 5) is 13.6. The van der Waals surface area contributed by atoms with Crippen LogP contribution in [0.5, 0.6) is 0 Å². The summed E-state index contributed by atoms with van der Waals surface area (Å²) in [6.07, 6.45) is -0.387. The van der Waals surface area contributed by atoms with E-state index in [1.165, 1.54) is 0 Å². The molecule has 0 radical (unpaired) electrons. The number of carbonyl (C=O) groups is 1. The number of hydrogen-bond acceptors (Lipinski definition) is 4. The number of benzene rings is 1. The molecular formula is C13H18ClN3O2. The van der Waals surface area contributed by atoms with E-state index in [1.54, 1.807) is 6.92 Å². The van der Waals surface area contributed by atoms with E-state index in [1.807, 2.05) is 29.3 Å². The lowest BCUT2D eigenvalue weighted by atomic mass is 10.2. The number of carbonyl (C=O) groups excluding carboxylic acids is 1. The Morgan fingerprint density at radius 1 is 1.26 bits per heavy atom. The number of hydrogen-bond donors (Lipinski definition) is 1. The van der Waals surface area contributed by atoms with E-state index in [0.29, 0.717) is 6.61 Å². The van der Waals surface area contributed by atoms with Gasteiger partial charge in [-0.05, 0) is 31.2 Å². The Kier molecular flexibility index (Phi) is 4.87. The van der Waals surface area contributed by atoms with Crippen LogP contribution in [0.3, 0.4) is 0 Å². The highest BCUT2D eigenvalue weighted by Gasteiger charge is 2.18. The summed E-state index contributed by atoms with van der Waals surface area (Å²) in [7, 11) is 0. The van der Waals surface area contributed by atoms with E-state index in [2.05, 4.69) is 10.3 Å². The van der Waals surface area contributed by atoms with Gasteiger partial charge in [0.2, 0.25) is 0 Å². The average Bonchev–Trinajstić information content (AvgIpc) is 2.41. The first-order valence-corrected chi connectivity index (χ1v) is 6.75. The molecule has 0 atom stereocenters. The molecular weight excluding hydrogens is 266 g/mol. The monoisotopic (exact) mass is 283 g/mol. The third-order valence-electron chi connectivity index (χ3n) is 3.00. The second kappa shape index (κ2) is 6.63. The molecule has 1 aromatic rings. The molecule has 0 bridgehead atoms. The van der Waals surface area contributed by atoms with E-state index >= 15 is 0 Å². The van der Waals surface area contributed by atoms with Gasteiger partial charge in [0, 0.05) is 36.9 Å².